The molecule has 3 aromatic rings. The quantitative estimate of drug-likeness (QED) is 0.634. The summed E-state index contributed by atoms with van der Waals surface area (Å²) in [6.45, 7) is 0.612. The molecule has 0 bridgehead atoms. The van der Waals surface area contributed by atoms with Gasteiger partial charge in [-0.05, 0) is 24.3 Å². The largest absolute Gasteiger partial charge is 0.339 e. The van der Waals surface area contributed by atoms with Crippen LogP contribution in [-0.2, 0) is 10.0 Å². The highest BCUT2D eigenvalue weighted by Gasteiger charge is 2.40. The highest BCUT2D eigenvalue weighted by molar-refractivity contribution is 9.10. The van der Waals surface area contributed by atoms with Crippen molar-refractivity contribution in [1.82, 2.24) is 24.4 Å². The van der Waals surface area contributed by atoms with Crippen molar-refractivity contribution in [3.63, 3.8) is 0 Å². The van der Waals surface area contributed by atoms with Gasteiger partial charge in [0.2, 0.25) is 21.7 Å². The van der Waals surface area contributed by atoms with Crippen LogP contribution >= 0.6 is 15.9 Å². The number of aromatic nitrogens is 4. The molecule has 0 radical (unpaired) electrons. The maximum atomic E-state index is 12.6. The van der Waals surface area contributed by atoms with E-state index in [9.17, 15) is 8.42 Å². The second kappa shape index (κ2) is 6.28. The zero-order valence-electron chi connectivity index (χ0n) is 12.8. The Morgan fingerprint density at radius 1 is 1.16 bits per heavy atom. The van der Waals surface area contributed by atoms with Gasteiger partial charge in [-0.25, -0.2) is 13.4 Å². The minimum atomic E-state index is -3.50. The molecule has 0 atom stereocenters. The summed E-state index contributed by atoms with van der Waals surface area (Å²) in [5, 5.41) is 3.88. The molecule has 3 heterocycles. The fourth-order valence-electron chi connectivity index (χ4n) is 2.47. The first-order valence-corrected chi connectivity index (χ1v) is 9.63. The van der Waals surface area contributed by atoms with E-state index in [1.165, 1.54) is 4.31 Å². The molecular weight excluding hydrogens is 410 g/mol. The number of hydrogen-bond acceptors (Lipinski definition) is 7. The lowest BCUT2D eigenvalue weighted by atomic mass is 10.0. The standard InChI is InChI=1S/C15H12BrN5O3S/c16-11-1-3-12(4-2-11)25(22,23)21-8-10(9-21)15-19-14(20-24-15)13-7-17-5-6-18-13/h1-7,10H,8-9H2. The van der Waals surface area contributed by atoms with E-state index >= 15 is 0 Å². The number of sulfonamides is 1. The van der Waals surface area contributed by atoms with Gasteiger partial charge in [-0.15, -0.1) is 0 Å². The summed E-state index contributed by atoms with van der Waals surface area (Å²) in [6.07, 6.45) is 4.64. The number of rotatable bonds is 4. The van der Waals surface area contributed by atoms with Gasteiger partial charge >= 0.3 is 0 Å². The maximum absolute atomic E-state index is 12.6. The van der Waals surface area contributed by atoms with Gasteiger partial charge in [0, 0.05) is 30.0 Å². The lowest BCUT2D eigenvalue weighted by Crippen LogP contribution is -2.48. The third kappa shape index (κ3) is 3.08. The Kier molecular flexibility index (Phi) is 4.10. The molecule has 0 saturated carbocycles. The second-order valence-corrected chi connectivity index (χ2v) is 8.37. The molecule has 2 aromatic heterocycles. The van der Waals surface area contributed by atoms with Crippen LogP contribution in [0, 0.1) is 0 Å². The summed E-state index contributed by atoms with van der Waals surface area (Å²) in [5.41, 5.74) is 0.510. The Bertz CT molecular complexity index is 986. The maximum Gasteiger partial charge on any atom is 0.243 e. The van der Waals surface area contributed by atoms with Crippen LogP contribution in [0.25, 0.3) is 11.5 Å². The molecule has 0 N–H and O–H groups in total. The first-order valence-electron chi connectivity index (χ1n) is 7.40. The average molecular weight is 422 g/mol. The minimum absolute atomic E-state index is 0.122. The van der Waals surface area contributed by atoms with Crippen LogP contribution in [-0.4, -0.2) is 45.9 Å². The molecule has 0 aliphatic carbocycles. The van der Waals surface area contributed by atoms with Gasteiger partial charge in [0.1, 0.15) is 5.69 Å². The Hall–Kier alpha value is -2.17. The molecule has 1 aliphatic heterocycles. The van der Waals surface area contributed by atoms with Crippen LogP contribution in [0.5, 0.6) is 0 Å². The molecule has 0 spiro atoms. The van der Waals surface area contributed by atoms with Gasteiger partial charge in [0.05, 0.1) is 17.0 Å². The number of hydrogen-bond donors (Lipinski definition) is 0. The van der Waals surface area contributed by atoms with Gasteiger partial charge in [0.15, 0.2) is 0 Å². The average Bonchev–Trinajstić information content (AvgIpc) is 3.04. The van der Waals surface area contributed by atoms with Crippen molar-refractivity contribution in [3.05, 3.63) is 53.2 Å². The van der Waals surface area contributed by atoms with E-state index in [1.807, 2.05) is 0 Å². The number of benzene rings is 1. The van der Waals surface area contributed by atoms with E-state index in [2.05, 4.69) is 36.0 Å². The molecule has 128 valence electrons. The van der Waals surface area contributed by atoms with Gasteiger partial charge in [-0.1, -0.05) is 21.1 Å². The normalized spacial score (nSPS) is 15.9. The molecule has 0 unspecified atom stereocenters. The van der Waals surface area contributed by atoms with Crippen molar-refractivity contribution >= 4 is 26.0 Å². The van der Waals surface area contributed by atoms with Crippen molar-refractivity contribution in [2.75, 3.05) is 13.1 Å². The van der Waals surface area contributed by atoms with Gasteiger partial charge in [-0.3, -0.25) is 4.98 Å². The van der Waals surface area contributed by atoms with Crippen LogP contribution < -0.4 is 0 Å². The molecule has 10 heteroatoms. The van der Waals surface area contributed by atoms with E-state index in [0.29, 0.717) is 30.5 Å². The van der Waals surface area contributed by atoms with Gasteiger partial charge in [0.25, 0.3) is 0 Å². The van der Waals surface area contributed by atoms with E-state index in [0.717, 1.165) is 4.47 Å². The topological polar surface area (TPSA) is 102 Å². The summed E-state index contributed by atoms with van der Waals surface area (Å²) in [7, 11) is -3.50. The second-order valence-electron chi connectivity index (χ2n) is 5.52. The first-order chi connectivity index (χ1) is 12.0. The lowest BCUT2D eigenvalue weighted by molar-refractivity contribution is 0.217. The molecule has 1 saturated heterocycles. The van der Waals surface area contributed by atoms with Crippen molar-refractivity contribution in [2.24, 2.45) is 0 Å². The van der Waals surface area contributed by atoms with Crippen molar-refractivity contribution in [3.8, 4) is 11.5 Å². The molecular formula is C15H12BrN5O3S. The fraction of sp³-hybridized carbons (Fsp3) is 0.200. The van der Waals surface area contributed by atoms with E-state index < -0.39 is 10.0 Å². The summed E-state index contributed by atoms with van der Waals surface area (Å²) in [4.78, 5) is 12.6. The minimum Gasteiger partial charge on any atom is -0.339 e. The highest BCUT2D eigenvalue weighted by atomic mass is 79.9. The third-order valence-electron chi connectivity index (χ3n) is 3.88. The van der Waals surface area contributed by atoms with Crippen molar-refractivity contribution in [2.45, 2.75) is 10.8 Å². The molecule has 1 fully saturated rings. The summed E-state index contributed by atoms with van der Waals surface area (Å²) in [6, 6.07) is 6.56. The predicted molar refractivity (Wildman–Crippen MR) is 91.0 cm³/mol. The van der Waals surface area contributed by atoms with E-state index in [-0.39, 0.29) is 10.8 Å². The molecule has 25 heavy (non-hydrogen) atoms. The van der Waals surface area contributed by atoms with Crippen LogP contribution in [0.2, 0.25) is 0 Å². The Morgan fingerprint density at radius 2 is 1.92 bits per heavy atom. The number of nitrogens with zero attached hydrogens (tertiary/aromatic N) is 5. The van der Waals surface area contributed by atoms with E-state index in [4.69, 9.17) is 4.52 Å². The third-order valence-corrected chi connectivity index (χ3v) is 6.26. The molecule has 1 aliphatic rings. The number of halogens is 1. The molecule has 0 amide bonds. The van der Waals surface area contributed by atoms with Gasteiger partial charge < -0.3 is 4.52 Å². The van der Waals surface area contributed by atoms with Crippen LogP contribution in [0.4, 0.5) is 0 Å². The Balaban J connectivity index is 1.47. The summed E-state index contributed by atoms with van der Waals surface area (Å²) < 4.78 is 32.6. The summed E-state index contributed by atoms with van der Waals surface area (Å²) in [5.74, 6) is 0.628. The summed E-state index contributed by atoms with van der Waals surface area (Å²) >= 11 is 3.30. The Morgan fingerprint density at radius 3 is 2.60 bits per heavy atom. The fourth-order valence-corrected chi connectivity index (χ4v) is 4.26. The monoisotopic (exact) mass is 421 g/mol. The highest BCUT2D eigenvalue weighted by Crippen LogP contribution is 2.32. The zero-order valence-corrected chi connectivity index (χ0v) is 15.2. The Labute approximate surface area is 152 Å². The predicted octanol–water partition coefficient (Wildman–Crippen LogP) is 2.08. The van der Waals surface area contributed by atoms with E-state index in [1.54, 1.807) is 42.9 Å². The lowest BCUT2D eigenvalue weighted by Gasteiger charge is -2.35. The smallest absolute Gasteiger partial charge is 0.243 e. The van der Waals surface area contributed by atoms with Crippen molar-refractivity contribution in [1.29, 1.82) is 0 Å². The van der Waals surface area contributed by atoms with Crippen LogP contribution in [0.3, 0.4) is 0 Å². The molecule has 4 rings (SSSR count). The van der Waals surface area contributed by atoms with Crippen LogP contribution in [0.15, 0.2) is 56.7 Å². The molecule has 1 aromatic carbocycles. The van der Waals surface area contributed by atoms with Gasteiger partial charge in [-0.2, -0.15) is 9.29 Å². The SMILES string of the molecule is O=S(=O)(c1ccc(Br)cc1)N1CC(c2nc(-c3cnccn3)no2)C1. The zero-order chi connectivity index (χ0) is 17.4. The van der Waals surface area contributed by atoms with Crippen LogP contribution in [0.1, 0.15) is 11.8 Å². The molecule has 8 nitrogen and oxygen atoms in total. The first kappa shape index (κ1) is 16.3. The van der Waals surface area contributed by atoms with Crippen molar-refractivity contribution < 1.29 is 12.9 Å².